The van der Waals surface area contributed by atoms with Gasteiger partial charge in [0.25, 0.3) is 10.0 Å². The molecule has 0 radical (unpaired) electrons. The Kier molecular flexibility index (Phi) is 9.55. The van der Waals surface area contributed by atoms with Crippen molar-refractivity contribution in [1.29, 1.82) is 0 Å². The number of ether oxygens (including phenoxy) is 2. The highest BCUT2D eigenvalue weighted by Crippen LogP contribution is 2.34. The predicted octanol–water partition coefficient (Wildman–Crippen LogP) is 5.03. The van der Waals surface area contributed by atoms with E-state index in [9.17, 15) is 22.4 Å². The monoisotopic (exact) mass is 673 g/mol. The number of halogens is 2. The fourth-order valence-electron chi connectivity index (χ4n) is 5.21. The van der Waals surface area contributed by atoms with Gasteiger partial charge in [-0.1, -0.05) is 40.9 Å². The van der Waals surface area contributed by atoms with Crippen molar-refractivity contribution < 1.29 is 31.9 Å². The molecule has 0 saturated heterocycles. The van der Waals surface area contributed by atoms with Gasteiger partial charge in [0.15, 0.2) is 11.5 Å². The maximum atomic E-state index is 14.1. The average Bonchev–Trinajstić information content (AvgIpc) is 3.52. The third kappa shape index (κ3) is 7.30. The van der Waals surface area contributed by atoms with Crippen molar-refractivity contribution in [3.8, 4) is 11.5 Å². The van der Waals surface area contributed by atoms with Gasteiger partial charge in [0.1, 0.15) is 31.6 Å². The molecule has 1 fully saturated rings. The fraction of sp³-hybridized carbons (Fsp3) is 0.355. The molecular weight excluding hydrogens is 641 g/mol. The summed E-state index contributed by atoms with van der Waals surface area (Å²) in [6, 6.07) is 15.6. The number of carbonyl (C=O) groups excluding carboxylic acids is 2. The number of rotatable bonds is 10. The number of hydrogen-bond acceptors (Lipinski definition) is 6. The summed E-state index contributed by atoms with van der Waals surface area (Å²) in [4.78, 5) is 28.6. The molecule has 12 heteroatoms. The van der Waals surface area contributed by atoms with Crippen LogP contribution in [0, 0.1) is 5.82 Å². The van der Waals surface area contributed by atoms with Crippen LogP contribution in [0.4, 0.5) is 10.1 Å². The van der Waals surface area contributed by atoms with Crippen LogP contribution in [0.2, 0.25) is 0 Å². The molecule has 3 aromatic carbocycles. The van der Waals surface area contributed by atoms with E-state index in [-0.39, 0.29) is 41.4 Å². The van der Waals surface area contributed by atoms with Crippen LogP contribution in [0.5, 0.6) is 11.5 Å². The van der Waals surface area contributed by atoms with Gasteiger partial charge >= 0.3 is 0 Å². The number of benzene rings is 3. The minimum absolute atomic E-state index is 0.0471. The van der Waals surface area contributed by atoms with E-state index in [4.69, 9.17) is 9.47 Å². The van der Waals surface area contributed by atoms with Crippen molar-refractivity contribution in [1.82, 2.24) is 10.2 Å². The zero-order chi connectivity index (χ0) is 30.6. The van der Waals surface area contributed by atoms with Crippen LogP contribution in [-0.4, -0.2) is 57.0 Å². The fourth-order valence-corrected chi connectivity index (χ4v) is 6.90. The Bertz CT molecular complexity index is 1560. The summed E-state index contributed by atoms with van der Waals surface area (Å²) in [6.07, 6.45) is 3.83. The normalized spacial score (nSPS) is 15.5. The quantitative estimate of drug-likeness (QED) is 0.324. The van der Waals surface area contributed by atoms with E-state index in [0.717, 1.165) is 52.2 Å². The van der Waals surface area contributed by atoms with Crippen molar-refractivity contribution >= 4 is 43.5 Å². The Morgan fingerprint density at radius 2 is 1.63 bits per heavy atom. The first-order chi connectivity index (χ1) is 20.6. The highest BCUT2D eigenvalue weighted by atomic mass is 79.9. The zero-order valence-electron chi connectivity index (χ0n) is 23.7. The smallest absolute Gasteiger partial charge is 0.264 e. The van der Waals surface area contributed by atoms with Crippen molar-refractivity contribution in [2.75, 3.05) is 24.1 Å². The first kappa shape index (κ1) is 30.8. The summed E-state index contributed by atoms with van der Waals surface area (Å²) in [5.74, 6) is -0.771. The molecule has 0 bridgehead atoms. The lowest BCUT2D eigenvalue weighted by Crippen LogP contribution is -2.52. The maximum absolute atomic E-state index is 14.1. The van der Waals surface area contributed by atoms with Gasteiger partial charge in [-0.3, -0.25) is 13.9 Å². The second-order valence-electron chi connectivity index (χ2n) is 10.6. The molecule has 1 heterocycles. The van der Waals surface area contributed by atoms with Crippen LogP contribution in [0.25, 0.3) is 0 Å². The Morgan fingerprint density at radius 3 is 2.30 bits per heavy atom. The third-order valence-corrected chi connectivity index (χ3v) is 9.93. The summed E-state index contributed by atoms with van der Waals surface area (Å²) in [5, 5.41) is 3.05. The van der Waals surface area contributed by atoms with Gasteiger partial charge in [-0.2, -0.15) is 0 Å². The van der Waals surface area contributed by atoms with Crippen LogP contribution in [0.3, 0.4) is 0 Å². The van der Waals surface area contributed by atoms with E-state index in [1.807, 2.05) is 24.3 Å². The zero-order valence-corrected chi connectivity index (χ0v) is 26.1. The van der Waals surface area contributed by atoms with Crippen LogP contribution >= 0.6 is 15.9 Å². The maximum Gasteiger partial charge on any atom is 0.264 e. The first-order valence-electron chi connectivity index (χ1n) is 14.1. The summed E-state index contributed by atoms with van der Waals surface area (Å²) < 4.78 is 54.9. The van der Waals surface area contributed by atoms with Gasteiger partial charge in [-0.15, -0.1) is 0 Å². The first-order valence-corrected chi connectivity index (χ1v) is 16.4. The van der Waals surface area contributed by atoms with E-state index in [1.165, 1.54) is 35.2 Å². The van der Waals surface area contributed by atoms with Crippen LogP contribution < -0.4 is 19.1 Å². The minimum Gasteiger partial charge on any atom is -0.486 e. The topological polar surface area (TPSA) is 105 Å². The Hall–Kier alpha value is -3.64. The molecule has 3 aromatic rings. The number of sulfonamides is 1. The molecule has 2 aliphatic rings. The third-order valence-electron chi connectivity index (χ3n) is 7.63. The van der Waals surface area contributed by atoms with Crippen molar-refractivity contribution in [3.63, 3.8) is 0 Å². The molecule has 43 heavy (non-hydrogen) atoms. The second kappa shape index (κ2) is 13.3. The van der Waals surface area contributed by atoms with Crippen LogP contribution in [-0.2, 0) is 26.2 Å². The van der Waals surface area contributed by atoms with Gasteiger partial charge in [-0.25, -0.2) is 12.8 Å². The summed E-state index contributed by atoms with van der Waals surface area (Å²) in [6.45, 7) is 1.70. The van der Waals surface area contributed by atoms with Gasteiger partial charge < -0.3 is 19.7 Å². The van der Waals surface area contributed by atoms with E-state index in [1.54, 1.807) is 6.92 Å². The number of nitrogens with zero attached hydrogens (tertiary/aromatic N) is 2. The molecule has 0 unspecified atom stereocenters. The van der Waals surface area contributed by atoms with E-state index >= 15 is 0 Å². The Labute approximate surface area is 259 Å². The van der Waals surface area contributed by atoms with Gasteiger partial charge in [-0.05, 0) is 73.9 Å². The second-order valence-corrected chi connectivity index (χ2v) is 13.4. The molecular formula is C31H33BrFN3O6S. The molecule has 1 atom stereocenters. The van der Waals surface area contributed by atoms with Crippen LogP contribution in [0.15, 0.2) is 76.1 Å². The molecule has 1 aliphatic heterocycles. The largest absolute Gasteiger partial charge is 0.486 e. The average molecular weight is 675 g/mol. The molecule has 1 N–H and O–H groups in total. The highest BCUT2D eigenvalue weighted by molar-refractivity contribution is 9.10. The lowest BCUT2D eigenvalue weighted by Gasteiger charge is -2.32. The number of hydrogen-bond donors (Lipinski definition) is 1. The van der Waals surface area contributed by atoms with Gasteiger partial charge in [0.2, 0.25) is 11.8 Å². The molecule has 0 aromatic heterocycles. The summed E-state index contributed by atoms with van der Waals surface area (Å²) in [7, 11) is -4.35. The lowest BCUT2D eigenvalue weighted by molar-refractivity contribution is -0.139. The number of carbonyl (C=O) groups is 2. The number of fused-ring (bicyclic) bond motifs is 1. The molecule has 1 aliphatic carbocycles. The van der Waals surface area contributed by atoms with Crippen molar-refractivity contribution in [3.05, 3.63) is 82.6 Å². The lowest BCUT2D eigenvalue weighted by atomic mass is 10.1. The number of amides is 2. The minimum atomic E-state index is -4.35. The number of anilines is 1. The summed E-state index contributed by atoms with van der Waals surface area (Å²) in [5.41, 5.74) is 0.858. The molecule has 2 amide bonds. The number of nitrogens with one attached hydrogen (secondary N) is 1. The van der Waals surface area contributed by atoms with Crippen LogP contribution in [0.1, 0.15) is 38.2 Å². The predicted molar refractivity (Wildman–Crippen MR) is 163 cm³/mol. The van der Waals surface area contributed by atoms with Crippen molar-refractivity contribution in [2.45, 2.75) is 56.1 Å². The standard InChI is InChI=1S/C31H33BrFN3O6S/c1-21(31(38)34-25-4-2-3-5-25)35(19-22-6-8-23(32)9-7-22)30(37)20-36(26-12-10-24(33)11-13-26)43(39,40)27-14-15-28-29(18-27)42-17-16-41-28/h6-15,18,21,25H,2-5,16-17,19-20H2,1H3,(H,34,38)/t21-/m1/s1. The van der Waals surface area contributed by atoms with Gasteiger partial charge in [0, 0.05) is 23.1 Å². The summed E-state index contributed by atoms with van der Waals surface area (Å²) >= 11 is 3.41. The molecule has 1 saturated carbocycles. The highest BCUT2D eigenvalue weighted by Gasteiger charge is 2.34. The van der Waals surface area contributed by atoms with E-state index < -0.39 is 34.3 Å². The SMILES string of the molecule is C[C@H](C(=O)NC1CCCC1)N(Cc1ccc(Br)cc1)C(=O)CN(c1ccc(F)cc1)S(=O)(=O)c1ccc2c(c1)OCCO2. The van der Waals surface area contributed by atoms with Gasteiger partial charge in [0.05, 0.1) is 10.6 Å². The molecule has 9 nitrogen and oxygen atoms in total. The Balaban J connectivity index is 1.48. The molecule has 0 spiro atoms. The van der Waals surface area contributed by atoms with E-state index in [2.05, 4.69) is 21.2 Å². The molecule has 228 valence electrons. The Morgan fingerprint density at radius 1 is 0.977 bits per heavy atom. The van der Waals surface area contributed by atoms with Crippen molar-refractivity contribution in [2.24, 2.45) is 0 Å². The molecule has 5 rings (SSSR count). The van der Waals surface area contributed by atoms with E-state index in [0.29, 0.717) is 12.4 Å².